The number of carbonyl (C=O) groups is 2. The number of Topliss-reactive ketones (excluding diaryl/α,β-unsaturated/α-hetero) is 1. The highest BCUT2D eigenvalue weighted by Crippen LogP contribution is 2.42. The van der Waals surface area contributed by atoms with Crippen molar-refractivity contribution < 1.29 is 33.6 Å². The molecular formula is C29H36N2O7. The molecule has 9 nitrogen and oxygen atoms in total. The topological polar surface area (TPSA) is 97.8 Å². The summed E-state index contributed by atoms with van der Waals surface area (Å²) in [6.07, 6.45) is 0.680. The van der Waals surface area contributed by atoms with Gasteiger partial charge in [0.05, 0.1) is 45.7 Å². The summed E-state index contributed by atoms with van der Waals surface area (Å²) in [5.74, 6) is 0.162. The van der Waals surface area contributed by atoms with Crippen LogP contribution in [0.3, 0.4) is 0 Å². The van der Waals surface area contributed by atoms with Crippen LogP contribution in [-0.2, 0) is 14.3 Å². The van der Waals surface area contributed by atoms with E-state index in [1.165, 1.54) is 0 Å². The van der Waals surface area contributed by atoms with Crippen molar-refractivity contribution in [2.45, 2.75) is 26.3 Å². The van der Waals surface area contributed by atoms with Crippen molar-refractivity contribution in [3.05, 3.63) is 58.7 Å². The van der Waals surface area contributed by atoms with Gasteiger partial charge in [-0.05, 0) is 61.7 Å². The van der Waals surface area contributed by atoms with Crippen molar-refractivity contribution in [1.82, 2.24) is 9.80 Å². The fourth-order valence-electron chi connectivity index (χ4n) is 5.06. The first kappa shape index (κ1) is 27.5. The number of rotatable bonds is 10. The molecule has 204 valence electrons. The molecule has 0 bridgehead atoms. The molecule has 0 radical (unpaired) electrons. The van der Waals surface area contributed by atoms with Gasteiger partial charge in [0.15, 0.2) is 11.5 Å². The lowest BCUT2D eigenvalue weighted by Gasteiger charge is -2.29. The van der Waals surface area contributed by atoms with E-state index in [9.17, 15) is 14.7 Å². The normalized spacial score (nSPS) is 19.6. The summed E-state index contributed by atoms with van der Waals surface area (Å²) in [5.41, 5.74) is 1.95. The Labute approximate surface area is 223 Å². The van der Waals surface area contributed by atoms with Gasteiger partial charge in [0.25, 0.3) is 11.7 Å². The Morgan fingerprint density at radius 3 is 2.37 bits per heavy atom. The van der Waals surface area contributed by atoms with Crippen LogP contribution in [0.15, 0.2) is 42.0 Å². The lowest BCUT2D eigenvalue weighted by molar-refractivity contribution is -0.140. The molecule has 2 heterocycles. The third-order valence-electron chi connectivity index (χ3n) is 6.99. The molecule has 1 unspecified atom stereocenters. The molecule has 0 aromatic heterocycles. The summed E-state index contributed by atoms with van der Waals surface area (Å²) < 4.78 is 22.0. The molecule has 2 fully saturated rings. The van der Waals surface area contributed by atoms with Gasteiger partial charge in [0.1, 0.15) is 11.5 Å². The Kier molecular flexibility index (Phi) is 8.91. The minimum Gasteiger partial charge on any atom is -0.507 e. The average molecular weight is 525 g/mol. The third kappa shape index (κ3) is 5.63. The maximum absolute atomic E-state index is 13.4. The van der Waals surface area contributed by atoms with E-state index >= 15 is 0 Å². The zero-order valence-electron chi connectivity index (χ0n) is 22.5. The molecule has 0 spiro atoms. The lowest BCUT2D eigenvalue weighted by atomic mass is 9.94. The molecule has 9 heteroatoms. The first-order chi connectivity index (χ1) is 18.4. The van der Waals surface area contributed by atoms with E-state index in [4.69, 9.17) is 18.9 Å². The van der Waals surface area contributed by atoms with Crippen molar-refractivity contribution in [2.75, 3.05) is 60.2 Å². The molecule has 0 saturated carbocycles. The summed E-state index contributed by atoms with van der Waals surface area (Å²) in [5, 5.41) is 11.4. The number of hydrogen-bond acceptors (Lipinski definition) is 8. The van der Waals surface area contributed by atoms with Gasteiger partial charge in [-0.2, -0.15) is 0 Å². The minimum atomic E-state index is -0.772. The number of ether oxygens (including phenoxy) is 4. The fourth-order valence-corrected chi connectivity index (χ4v) is 5.06. The number of hydrogen-bond donors (Lipinski definition) is 1. The summed E-state index contributed by atoms with van der Waals surface area (Å²) in [6, 6.07) is 9.74. The molecule has 1 atom stereocenters. The minimum absolute atomic E-state index is 0.0529. The second-order valence-corrected chi connectivity index (χ2v) is 9.33. The number of morpholine rings is 1. The van der Waals surface area contributed by atoms with Gasteiger partial charge in [-0.25, -0.2) is 0 Å². The van der Waals surface area contributed by atoms with Crippen LogP contribution in [0.5, 0.6) is 17.2 Å². The number of likely N-dealkylation sites (tertiary alicyclic amines) is 1. The maximum Gasteiger partial charge on any atom is 0.295 e. The SMILES string of the molecule is CCOc1ccc(C2C(=C(O)c3ccc(OC)c(C)c3)C(=O)C(=O)N2CCCN2CCOCC2)cc1OC. The number of aliphatic hydroxyl groups excluding tert-OH is 1. The molecule has 2 aromatic carbocycles. The molecule has 2 aliphatic heterocycles. The number of nitrogens with zero attached hydrogens (tertiary/aromatic N) is 2. The van der Waals surface area contributed by atoms with Crippen molar-refractivity contribution in [3.63, 3.8) is 0 Å². The van der Waals surface area contributed by atoms with E-state index in [1.54, 1.807) is 49.5 Å². The van der Waals surface area contributed by atoms with Gasteiger partial charge in [-0.1, -0.05) is 6.07 Å². The number of amides is 1. The maximum atomic E-state index is 13.4. The molecule has 2 aliphatic rings. The molecule has 2 aromatic rings. The van der Waals surface area contributed by atoms with E-state index in [0.717, 1.165) is 25.2 Å². The molecule has 1 amide bonds. The molecule has 4 rings (SSSR count). The van der Waals surface area contributed by atoms with Crippen LogP contribution in [0.25, 0.3) is 5.76 Å². The van der Waals surface area contributed by atoms with E-state index in [2.05, 4.69) is 4.90 Å². The van der Waals surface area contributed by atoms with Crippen molar-refractivity contribution in [3.8, 4) is 17.2 Å². The Bertz CT molecular complexity index is 1200. The van der Waals surface area contributed by atoms with E-state index in [-0.39, 0.29) is 11.3 Å². The fraction of sp³-hybridized carbons (Fsp3) is 0.448. The molecule has 2 saturated heterocycles. The van der Waals surface area contributed by atoms with Gasteiger partial charge < -0.3 is 29.0 Å². The second-order valence-electron chi connectivity index (χ2n) is 9.33. The highest BCUT2D eigenvalue weighted by molar-refractivity contribution is 6.46. The summed E-state index contributed by atoms with van der Waals surface area (Å²) >= 11 is 0. The number of aryl methyl sites for hydroxylation is 1. The quantitative estimate of drug-likeness (QED) is 0.286. The highest BCUT2D eigenvalue weighted by Gasteiger charge is 2.46. The van der Waals surface area contributed by atoms with Crippen LogP contribution in [-0.4, -0.2) is 86.8 Å². The van der Waals surface area contributed by atoms with Crippen LogP contribution in [0, 0.1) is 6.92 Å². The van der Waals surface area contributed by atoms with Gasteiger partial charge in [0.2, 0.25) is 0 Å². The Balaban J connectivity index is 1.74. The Morgan fingerprint density at radius 1 is 1.00 bits per heavy atom. The van der Waals surface area contributed by atoms with Gasteiger partial charge in [0, 0.05) is 31.7 Å². The van der Waals surface area contributed by atoms with Crippen molar-refractivity contribution >= 4 is 17.4 Å². The standard InChI is InChI=1S/C29H36N2O7/c1-5-38-23-10-7-20(18-24(23)36-4)26-25(27(32)21-8-9-22(35-3)19(2)17-21)28(33)29(34)31(26)12-6-11-30-13-15-37-16-14-30/h7-10,17-18,26,32H,5-6,11-16H2,1-4H3. The average Bonchev–Trinajstić information content (AvgIpc) is 3.18. The van der Waals surface area contributed by atoms with Crippen LogP contribution in [0.1, 0.15) is 36.1 Å². The second kappa shape index (κ2) is 12.3. The Hall–Kier alpha value is -3.56. The van der Waals surface area contributed by atoms with E-state index in [1.807, 2.05) is 19.9 Å². The number of aliphatic hydroxyl groups is 1. The molecule has 38 heavy (non-hydrogen) atoms. The number of methoxy groups -OCH3 is 2. The van der Waals surface area contributed by atoms with Gasteiger partial charge in [-0.15, -0.1) is 0 Å². The molecule has 1 N–H and O–H groups in total. The van der Waals surface area contributed by atoms with Crippen LogP contribution in [0.4, 0.5) is 0 Å². The first-order valence-corrected chi connectivity index (χ1v) is 12.9. The first-order valence-electron chi connectivity index (χ1n) is 12.9. The van der Waals surface area contributed by atoms with Crippen LogP contribution < -0.4 is 14.2 Å². The number of carbonyl (C=O) groups excluding carboxylic acids is 2. The zero-order chi connectivity index (χ0) is 27.2. The van der Waals surface area contributed by atoms with Crippen molar-refractivity contribution in [1.29, 1.82) is 0 Å². The summed E-state index contributed by atoms with van der Waals surface area (Å²) in [4.78, 5) is 30.6. The van der Waals surface area contributed by atoms with Crippen LogP contribution in [0.2, 0.25) is 0 Å². The lowest BCUT2D eigenvalue weighted by Crippen LogP contribution is -2.39. The predicted molar refractivity (Wildman–Crippen MR) is 143 cm³/mol. The number of benzene rings is 2. The van der Waals surface area contributed by atoms with E-state index in [0.29, 0.717) is 61.2 Å². The van der Waals surface area contributed by atoms with E-state index < -0.39 is 17.7 Å². The van der Waals surface area contributed by atoms with Gasteiger partial charge >= 0.3 is 0 Å². The summed E-state index contributed by atoms with van der Waals surface area (Å²) in [7, 11) is 3.12. The smallest absolute Gasteiger partial charge is 0.295 e. The number of ketones is 1. The Morgan fingerprint density at radius 2 is 1.71 bits per heavy atom. The zero-order valence-corrected chi connectivity index (χ0v) is 22.5. The molecule has 0 aliphatic carbocycles. The monoisotopic (exact) mass is 524 g/mol. The third-order valence-corrected chi connectivity index (χ3v) is 6.99. The highest BCUT2D eigenvalue weighted by atomic mass is 16.5. The summed E-state index contributed by atoms with van der Waals surface area (Å²) in [6.45, 7) is 8.42. The van der Waals surface area contributed by atoms with Crippen LogP contribution >= 0.6 is 0 Å². The van der Waals surface area contributed by atoms with Crippen molar-refractivity contribution in [2.24, 2.45) is 0 Å². The predicted octanol–water partition coefficient (Wildman–Crippen LogP) is 3.55. The molecular weight excluding hydrogens is 488 g/mol. The largest absolute Gasteiger partial charge is 0.507 e. The van der Waals surface area contributed by atoms with Gasteiger partial charge in [-0.3, -0.25) is 14.5 Å².